The van der Waals surface area contributed by atoms with Crippen molar-refractivity contribution in [1.82, 2.24) is 4.57 Å². The van der Waals surface area contributed by atoms with Crippen LogP contribution in [0.15, 0.2) is 47.4 Å². The minimum Gasteiger partial charge on any atom is -0.310 e. The van der Waals surface area contributed by atoms with E-state index in [0.29, 0.717) is 11.6 Å². The van der Waals surface area contributed by atoms with Crippen molar-refractivity contribution in [2.45, 2.75) is 32.7 Å². The van der Waals surface area contributed by atoms with E-state index in [1.807, 2.05) is 0 Å². The smallest absolute Gasteiger partial charge is 0.250 e. The molecule has 1 aromatic carbocycles. The lowest BCUT2D eigenvalue weighted by Crippen LogP contribution is -2.18. The number of nitrogens with zero attached hydrogens (tertiary/aromatic N) is 1. The average molecular weight is 276 g/mol. The van der Waals surface area contributed by atoms with Crippen LogP contribution in [0.2, 0.25) is 5.02 Å². The lowest BCUT2D eigenvalue weighted by atomic mass is 9.87. The molecule has 19 heavy (non-hydrogen) atoms. The van der Waals surface area contributed by atoms with Gasteiger partial charge in [0.15, 0.2) is 0 Å². The molecule has 0 fully saturated rings. The molecule has 2 aromatic rings. The maximum Gasteiger partial charge on any atom is 0.250 e. The van der Waals surface area contributed by atoms with Gasteiger partial charge in [-0.15, -0.1) is 0 Å². The van der Waals surface area contributed by atoms with Crippen molar-refractivity contribution < 1.29 is 0 Å². The third-order valence-corrected chi connectivity index (χ3v) is 3.34. The van der Waals surface area contributed by atoms with Crippen molar-refractivity contribution in [3.8, 4) is 0 Å². The normalized spacial score (nSPS) is 11.6. The zero-order chi connectivity index (χ0) is 14.0. The Morgan fingerprint density at radius 1 is 1.05 bits per heavy atom. The van der Waals surface area contributed by atoms with Gasteiger partial charge in [-0.3, -0.25) is 4.79 Å². The highest BCUT2D eigenvalue weighted by Crippen LogP contribution is 2.22. The predicted octanol–water partition coefficient (Wildman–Crippen LogP) is 3.85. The molecule has 0 radical (unpaired) electrons. The van der Waals surface area contributed by atoms with Crippen LogP contribution in [0.1, 0.15) is 31.9 Å². The van der Waals surface area contributed by atoms with Crippen molar-refractivity contribution in [2.75, 3.05) is 0 Å². The number of hydrogen-bond acceptors (Lipinski definition) is 1. The van der Waals surface area contributed by atoms with Gasteiger partial charge in [-0.25, -0.2) is 0 Å². The molecule has 3 heteroatoms. The second-order valence-electron chi connectivity index (χ2n) is 5.76. The number of pyridine rings is 1. The van der Waals surface area contributed by atoms with E-state index in [4.69, 9.17) is 11.6 Å². The number of benzene rings is 1. The zero-order valence-electron chi connectivity index (χ0n) is 11.5. The van der Waals surface area contributed by atoms with Crippen LogP contribution in [-0.4, -0.2) is 4.57 Å². The van der Waals surface area contributed by atoms with Crippen LogP contribution in [-0.2, 0) is 12.0 Å². The minimum atomic E-state index is -0.0377. The van der Waals surface area contributed by atoms with Crippen molar-refractivity contribution in [1.29, 1.82) is 0 Å². The average Bonchev–Trinajstić information content (AvgIpc) is 2.33. The first kappa shape index (κ1) is 13.9. The molecule has 0 spiro atoms. The van der Waals surface area contributed by atoms with Crippen LogP contribution in [0.3, 0.4) is 0 Å². The van der Waals surface area contributed by atoms with E-state index < -0.39 is 0 Å². The molecule has 0 aliphatic heterocycles. The Balaban J connectivity index is 2.25. The number of hydrogen-bond donors (Lipinski definition) is 0. The van der Waals surface area contributed by atoms with Crippen molar-refractivity contribution in [2.24, 2.45) is 0 Å². The summed E-state index contributed by atoms with van der Waals surface area (Å²) in [7, 11) is 0. The highest BCUT2D eigenvalue weighted by atomic mass is 35.5. The van der Waals surface area contributed by atoms with E-state index in [2.05, 4.69) is 45.0 Å². The van der Waals surface area contributed by atoms with Gasteiger partial charge in [-0.1, -0.05) is 56.6 Å². The van der Waals surface area contributed by atoms with E-state index in [9.17, 15) is 4.79 Å². The first-order valence-corrected chi connectivity index (χ1v) is 6.69. The van der Waals surface area contributed by atoms with Gasteiger partial charge in [-0.05, 0) is 22.6 Å². The van der Waals surface area contributed by atoms with E-state index in [1.165, 1.54) is 11.6 Å². The van der Waals surface area contributed by atoms with Crippen molar-refractivity contribution >= 4 is 11.6 Å². The van der Waals surface area contributed by atoms with Gasteiger partial charge in [0.25, 0.3) is 5.56 Å². The van der Waals surface area contributed by atoms with Crippen LogP contribution in [0.25, 0.3) is 0 Å². The summed E-state index contributed by atoms with van der Waals surface area (Å²) in [4.78, 5) is 11.7. The molecule has 100 valence electrons. The van der Waals surface area contributed by atoms with Crippen molar-refractivity contribution in [3.63, 3.8) is 0 Å². The predicted molar refractivity (Wildman–Crippen MR) is 80.0 cm³/mol. The highest BCUT2D eigenvalue weighted by molar-refractivity contribution is 6.30. The molecule has 0 amide bonds. The largest absolute Gasteiger partial charge is 0.310 e. The fraction of sp³-hybridized carbons (Fsp3) is 0.312. The van der Waals surface area contributed by atoms with Gasteiger partial charge in [-0.2, -0.15) is 0 Å². The van der Waals surface area contributed by atoms with E-state index in [1.54, 1.807) is 16.8 Å². The van der Waals surface area contributed by atoms with Gasteiger partial charge in [0.05, 0.1) is 11.6 Å². The lowest BCUT2D eigenvalue weighted by Gasteiger charge is -2.19. The second kappa shape index (κ2) is 5.22. The topological polar surface area (TPSA) is 22.0 Å². The maximum atomic E-state index is 11.7. The third-order valence-electron chi connectivity index (χ3n) is 3.12. The number of rotatable bonds is 2. The van der Waals surface area contributed by atoms with Crippen molar-refractivity contribution in [3.05, 3.63) is 69.1 Å². The summed E-state index contributed by atoms with van der Waals surface area (Å²) in [6.45, 7) is 7.10. The number of halogens is 1. The molecular formula is C16H18ClNO. The quantitative estimate of drug-likeness (QED) is 0.816. The molecule has 1 aromatic heterocycles. The van der Waals surface area contributed by atoms with E-state index in [0.717, 1.165) is 5.56 Å². The van der Waals surface area contributed by atoms with E-state index >= 15 is 0 Å². The summed E-state index contributed by atoms with van der Waals surface area (Å²) in [6, 6.07) is 11.5. The minimum absolute atomic E-state index is 0.0377. The maximum absolute atomic E-state index is 11.7. The Kier molecular flexibility index (Phi) is 3.81. The summed E-state index contributed by atoms with van der Waals surface area (Å²) < 4.78 is 1.62. The molecule has 1 heterocycles. The summed E-state index contributed by atoms with van der Waals surface area (Å²) >= 11 is 5.91. The van der Waals surface area contributed by atoms with Gasteiger partial charge >= 0.3 is 0 Å². The van der Waals surface area contributed by atoms with Gasteiger partial charge in [0.1, 0.15) is 0 Å². The Bertz CT molecular complexity index is 620. The third kappa shape index (κ3) is 3.48. The summed E-state index contributed by atoms with van der Waals surface area (Å²) in [5.74, 6) is 0. The Hall–Kier alpha value is -1.54. The van der Waals surface area contributed by atoms with Gasteiger partial charge in [0, 0.05) is 12.3 Å². The molecule has 2 nitrogen and oxygen atoms in total. The fourth-order valence-corrected chi connectivity index (χ4v) is 2.11. The molecule has 0 atom stereocenters. The monoisotopic (exact) mass is 275 g/mol. The molecule has 0 aliphatic rings. The van der Waals surface area contributed by atoms with Crippen LogP contribution in [0.5, 0.6) is 0 Å². The van der Waals surface area contributed by atoms with Crippen LogP contribution >= 0.6 is 11.6 Å². The molecule has 0 saturated heterocycles. The molecule has 0 aliphatic carbocycles. The molecule has 0 bridgehead atoms. The Morgan fingerprint density at radius 2 is 1.68 bits per heavy atom. The standard InChI is InChI=1S/C16H18ClNO/c1-16(2,3)13-6-4-12(5-7-13)10-18-11-14(17)8-9-15(18)19/h4-9,11H,10H2,1-3H3. The molecule has 0 saturated carbocycles. The molecule has 0 N–H and O–H groups in total. The van der Waals surface area contributed by atoms with Crippen LogP contribution in [0, 0.1) is 0 Å². The SMILES string of the molecule is CC(C)(C)c1ccc(Cn2cc(Cl)ccc2=O)cc1. The summed E-state index contributed by atoms with van der Waals surface area (Å²) in [6.07, 6.45) is 1.67. The van der Waals surface area contributed by atoms with Gasteiger partial charge < -0.3 is 4.57 Å². The van der Waals surface area contributed by atoms with E-state index in [-0.39, 0.29) is 11.0 Å². The van der Waals surface area contributed by atoms with Crippen LogP contribution < -0.4 is 5.56 Å². The van der Waals surface area contributed by atoms with Crippen LogP contribution in [0.4, 0.5) is 0 Å². The Morgan fingerprint density at radius 3 is 2.26 bits per heavy atom. The zero-order valence-corrected chi connectivity index (χ0v) is 12.2. The van der Waals surface area contributed by atoms with Gasteiger partial charge in [0.2, 0.25) is 0 Å². The molecule has 2 rings (SSSR count). The first-order chi connectivity index (χ1) is 8.86. The molecule has 0 unspecified atom stereocenters. The summed E-state index contributed by atoms with van der Waals surface area (Å²) in [5.41, 5.74) is 2.49. The highest BCUT2D eigenvalue weighted by Gasteiger charge is 2.12. The first-order valence-electron chi connectivity index (χ1n) is 6.32. The fourth-order valence-electron chi connectivity index (χ4n) is 1.93. The summed E-state index contributed by atoms with van der Waals surface area (Å²) in [5, 5.41) is 0.575. The number of aromatic nitrogens is 1. The lowest BCUT2D eigenvalue weighted by molar-refractivity contribution is 0.589. The molecular weight excluding hydrogens is 258 g/mol. The Labute approximate surface area is 118 Å². The second-order valence-corrected chi connectivity index (χ2v) is 6.20.